The van der Waals surface area contributed by atoms with Gasteiger partial charge in [0.2, 0.25) is 0 Å². The molecular weight excluding hydrogens is 353 g/mol. The van der Waals surface area contributed by atoms with Crippen LogP contribution in [0.5, 0.6) is 0 Å². The number of piperidine rings is 1. The summed E-state index contributed by atoms with van der Waals surface area (Å²) in [5.74, 6) is -0.552. The Bertz CT molecular complexity index is 781. The molecule has 0 atom stereocenters. The maximum absolute atomic E-state index is 13.8. The van der Waals surface area contributed by atoms with Crippen LogP contribution in [0.4, 0.5) is 15.8 Å². The Hall–Kier alpha value is -2.40. The van der Waals surface area contributed by atoms with E-state index in [9.17, 15) is 9.18 Å². The maximum atomic E-state index is 13.8. The van der Waals surface area contributed by atoms with E-state index in [1.54, 1.807) is 6.07 Å². The van der Waals surface area contributed by atoms with Crippen LogP contribution < -0.4 is 10.2 Å². The summed E-state index contributed by atoms with van der Waals surface area (Å²) < 4.78 is 13.8. The second kappa shape index (κ2) is 9.69. The van der Waals surface area contributed by atoms with Crippen molar-refractivity contribution in [3.05, 3.63) is 59.4 Å². The highest BCUT2D eigenvalue weighted by molar-refractivity contribution is 6.06. The maximum Gasteiger partial charge on any atom is 0.255 e. The van der Waals surface area contributed by atoms with Crippen LogP contribution >= 0.6 is 0 Å². The number of hydrogen-bond donors (Lipinski definition) is 1. The number of benzene rings is 2. The number of carbonyl (C=O) groups is 1. The fourth-order valence-corrected chi connectivity index (χ4v) is 3.68. The molecule has 0 saturated carbocycles. The van der Waals surface area contributed by atoms with E-state index >= 15 is 0 Å². The minimum atomic E-state index is -0.342. The van der Waals surface area contributed by atoms with Crippen LogP contribution in [0.15, 0.2) is 42.5 Å². The molecule has 0 bridgehead atoms. The molecule has 1 fully saturated rings. The first-order valence-corrected chi connectivity index (χ1v) is 10.3. The molecule has 1 heterocycles. The van der Waals surface area contributed by atoms with Crippen LogP contribution in [0.1, 0.15) is 49.0 Å². The summed E-state index contributed by atoms with van der Waals surface area (Å²) in [6.07, 6.45) is 3.47. The van der Waals surface area contributed by atoms with Crippen molar-refractivity contribution in [2.24, 2.45) is 0 Å². The highest BCUT2D eigenvalue weighted by Crippen LogP contribution is 2.29. The number of halogens is 1. The molecule has 1 amide bonds. The number of nitrogens with zero attached hydrogens (tertiary/aromatic N) is 2. The van der Waals surface area contributed by atoms with Gasteiger partial charge in [-0.3, -0.25) is 9.69 Å². The van der Waals surface area contributed by atoms with Gasteiger partial charge in [0.15, 0.2) is 0 Å². The normalized spacial score (nSPS) is 14.4. The lowest BCUT2D eigenvalue weighted by molar-refractivity contribution is 0.102. The van der Waals surface area contributed by atoms with E-state index in [4.69, 9.17) is 0 Å². The molecule has 0 unspecified atom stereocenters. The second-order valence-corrected chi connectivity index (χ2v) is 7.32. The summed E-state index contributed by atoms with van der Waals surface area (Å²) in [5.41, 5.74) is 3.20. The van der Waals surface area contributed by atoms with Gasteiger partial charge < -0.3 is 10.2 Å². The Balaban J connectivity index is 1.73. The molecule has 3 rings (SSSR count). The number of rotatable bonds is 7. The monoisotopic (exact) mass is 383 g/mol. The Labute approximate surface area is 167 Å². The summed E-state index contributed by atoms with van der Waals surface area (Å²) in [4.78, 5) is 17.3. The van der Waals surface area contributed by atoms with Gasteiger partial charge in [0.1, 0.15) is 5.82 Å². The van der Waals surface area contributed by atoms with Crippen molar-refractivity contribution in [3.8, 4) is 0 Å². The first-order chi connectivity index (χ1) is 13.6. The van der Waals surface area contributed by atoms with Crippen molar-refractivity contribution in [2.75, 3.05) is 36.4 Å². The molecule has 2 aromatic carbocycles. The molecule has 1 N–H and O–H groups in total. The number of anilines is 2. The van der Waals surface area contributed by atoms with Crippen LogP contribution in [0.25, 0.3) is 0 Å². The van der Waals surface area contributed by atoms with E-state index < -0.39 is 0 Å². The third kappa shape index (κ3) is 5.10. The predicted octanol–water partition coefficient (Wildman–Crippen LogP) is 4.91. The Morgan fingerprint density at radius 1 is 1.04 bits per heavy atom. The van der Waals surface area contributed by atoms with Crippen molar-refractivity contribution in [3.63, 3.8) is 0 Å². The minimum Gasteiger partial charge on any atom is -0.370 e. The van der Waals surface area contributed by atoms with Crippen molar-refractivity contribution in [1.82, 2.24) is 4.90 Å². The summed E-state index contributed by atoms with van der Waals surface area (Å²) in [6.45, 7) is 9.03. The Morgan fingerprint density at radius 3 is 2.36 bits per heavy atom. The van der Waals surface area contributed by atoms with Crippen molar-refractivity contribution in [1.29, 1.82) is 0 Å². The fourth-order valence-electron chi connectivity index (χ4n) is 3.68. The van der Waals surface area contributed by atoms with Crippen molar-refractivity contribution >= 4 is 17.3 Å². The van der Waals surface area contributed by atoms with Crippen LogP contribution in [-0.2, 0) is 6.54 Å². The van der Waals surface area contributed by atoms with Crippen LogP contribution in [0.2, 0.25) is 0 Å². The number of hydrogen-bond acceptors (Lipinski definition) is 3. The van der Waals surface area contributed by atoms with Gasteiger partial charge in [0.25, 0.3) is 5.91 Å². The highest BCUT2D eigenvalue weighted by atomic mass is 19.1. The molecule has 2 aromatic rings. The lowest BCUT2D eigenvalue weighted by atomic mass is 10.1. The fraction of sp³-hybridized carbons (Fsp3) is 0.435. The first kappa shape index (κ1) is 20.3. The van der Waals surface area contributed by atoms with Crippen LogP contribution in [0, 0.1) is 5.82 Å². The standard InChI is InChI=1S/C23H30FN3O/c1-3-26(4-2)17-18-8-10-19(11-9-18)23(28)25-21-16-20(24)12-13-22(21)27-14-6-5-7-15-27/h8-13,16H,3-7,14-15,17H2,1-2H3,(H,25,28). The van der Waals surface area contributed by atoms with E-state index in [1.165, 1.54) is 24.1 Å². The summed E-state index contributed by atoms with van der Waals surface area (Å²) >= 11 is 0. The summed E-state index contributed by atoms with van der Waals surface area (Å²) in [6, 6.07) is 12.3. The Kier molecular flexibility index (Phi) is 7.04. The average molecular weight is 384 g/mol. The van der Waals surface area contributed by atoms with Gasteiger partial charge in [0, 0.05) is 25.2 Å². The molecule has 1 aliphatic heterocycles. The number of carbonyl (C=O) groups excluding carboxylic acids is 1. The largest absolute Gasteiger partial charge is 0.370 e. The zero-order valence-electron chi connectivity index (χ0n) is 16.9. The third-order valence-electron chi connectivity index (χ3n) is 5.42. The molecule has 1 aliphatic rings. The molecule has 1 saturated heterocycles. The highest BCUT2D eigenvalue weighted by Gasteiger charge is 2.17. The van der Waals surface area contributed by atoms with E-state index in [-0.39, 0.29) is 11.7 Å². The third-order valence-corrected chi connectivity index (χ3v) is 5.42. The molecule has 0 aromatic heterocycles. The molecule has 0 radical (unpaired) electrons. The van der Waals surface area contributed by atoms with Crippen molar-refractivity contribution in [2.45, 2.75) is 39.7 Å². The van der Waals surface area contributed by atoms with Gasteiger partial charge in [-0.05, 0) is 68.2 Å². The molecule has 28 heavy (non-hydrogen) atoms. The smallest absolute Gasteiger partial charge is 0.255 e. The number of amides is 1. The predicted molar refractivity (Wildman–Crippen MR) is 113 cm³/mol. The van der Waals surface area contributed by atoms with Gasteiger partial charge in [-0.2, -0.15) is 0 Å². The van der Waals surface area contributed by atoms with E-state index in [0.29, 0.717) is 11.3 Å². The quantitative estimate of drug-likeness (QED) is 0.738. The van der Waals surface area contributed by atoms with Gasteiger partial charge in [-0.25, -0.2) is 4.39 Å². The Morgan fingerprint density at radius 2 is 1.71 bits per heavy atom. The lowest BCUT2D eigenvalue weighted by Crippen LogP contribution is -2.30. The summed E-state index contributed by atoms with van der Waals surface area (Å²) in [5, 5.41) is 2.92. The van der Waals surface area contributed by atoms with Crippen LogP contribution in [-0.4, -0.2) is 37.0 Å². The average Bonchev–Trinajstić information content (AvgIpc) is 2.73. The van der Waals surface area contributed by atoms with Crippen LogP contribution in [0.3, 0.4) is 0 Å². The number of nitrogens with one attached hydrogen (secondary N) is 1. The molecule has 0 spiro atoms. The van der Waals surface area contributed by atoms with Gasteiger partial charge in [-0.15, -0.1) is 0 Å². The second-order valence-electron chi connectivity index (χ2n) is 7.32. The van der Waals surface area contributed by atoms with E-state index in [2.05, 4.69) is 29.0 Å². The first-order valence-electron chi connectivity index (χ1n) is 10.3. The molecule has 5 heteroatoms. The zero-order valence-corrected chi connectivity index (χ0v) is 16.9. The van der Waals surface area contributed by atoms with Gasteiger partial charge in [0.05, 0.1) is 11.4 Å². The SMILES string of the molecule is CCN(CC)Cc1ccc(C(=O)Nc2cc(F)ccc2N2CCCCC2)cc1. The van der Waals surface area contributed by atoms with E-state index in [1.807, 2.05) is 24.3 Å². The molecule has 4 nitrogen and oxygen atoms in total. The lowest BCUT2D eigenvalue weighted by Gasteiger charge is -2.30. The van der Waals surface area contributed by atoms with Gasteiger partial charge in [-0.1, -0.05) is 26.0 Å². The topological polar surface area (TPSA) is 35.6 Å². The molecule has 0 aliphatic carbocycles. The molecule has 150 valence electrons. The van der Waals surface area contributed by atoms with Crippen molar-refractivity contribution < 1.29 is 9.18 Å². The minimum absolute atomic E-state index is 0.210. The van der Waals surface area contributed by atoms with E-state index in [0.717, 1.165) is 51.3 Å². The zero-order chi connectivity index (χ0) is 19.9. The molecular formula is C23H30FN3O. The van der Waals surface area contributed by atoms with Gasteiger partial charge >= 0.3 is 0 Å². The summed E-state index contributed by atoms with van der Waals surface area (Å²) in [7, 11) is 0.